The zero-order valence-electron chi connectivity index (χ0n) is 18.1. The summed E-state index contributed by atoms with van der Waals surface area (Å²) >= 11 is 1.34. The van der Waals surface area contributed by atoms with E-state index in [1.54, 1.807) is 4.90 Å². The van der Waals surface area contributed by atoms with E-state index in [9.17, 15) is 18.0 Å². The second kappa shape index (κ2) is 9.78. The van der Waals surface area contributed by atoms with E-state index < -0.39 is 17.8 Å². The summed E-state index contributed by atoms with van der Waals surface area (Å²) in [6.45, 7) is 4.31. The first-order valence-electron chi connectivity index (χ1n) is 10.6. The summed E-state index contributed by atoms with van der Waals surface area (Å²) in [5.74, 6) is 0.766. The van der Waals surface area contributed by atoms with Crippen molar-refractivity contribution in [3.8, 4) is 0 Å². The van der Waals surface area contributed by atoms with Gasteiger partial charge >= 0.3 is 12.2 Å². The third kappa shape index (κ3) is 6.01. The maximum absolute atomic E-state index is 12.9. The van der Waals surface area contributed by atoms with Gasteiger partial charge in [-0.05, 0) is 37.1 Å². The first-order valence-corrected chi connectivity index (χ1v) is 11.4. The zero-order valence-corrected chi connectivity index (χ0v) is 18.9. The lowest BCUT2D eigenvalue weighted by atomic mass is 10.1. The van der Waals surface area contributed by atoms with Crippen LogP contribution in [0.1, 0.15) is 28.9 Å². The van der Waals surface area contributed by atoms with Crippen molar-refractivity contribution >= 4 is 28.4 Å². The van der Waals surface area contributed by atoms with Crippen molar-refractivity contribution in [2.24, 2.45) is 0 Å². The van der Waals surface area contributed by atoms with Crippen LogP contribution < -0.4 is 10.2 Å². The normalized spacial score (nSPS) is 14.8. The summed E-state index contributed by atoms with van der Waals surface area (Å²) in [5.41, 5.74) is 1.69. The molecule has 1 aromatic heterocycles. The number of halogens is 3. The highest BCUT2D eigenvalue weighted by Gasteiger charge is 2.30. The highest BCUT2D eigenvalue weighted by Crippen LogP contribution is 2.30. The number of carbonyl (C=O) groups is 1. The topological polar surface area (TPSA) is 61.4 Å². The summed E-state index contributed by atoms with van der Waals surface area (Å²) in [6, 6.07) is 12.5. The van der Waals surface area contributed by atoms with Gasteiger partial charge in [0.15, 0.2) is 0 Å². The van der Waals surface area contributed by atoms with Crippen LogP contribution in [0.15, 0.2) is 48.5 Å². The number of alkyl halides is 3. The number of aromatic nitrogens is 2. The molecule has 0 radical (unpaired) electrons. The standard InChI is InChI=1S/C23H24F3N5OS/c1-16-6-8-17(9-7-16)14-20-28-22(33-29-20)31-11-3-10-30(12-13-31)21(32)27-19-5-2-4-18(15-19)23(24,25)26/h2,4-9,15H,3,10-14H2,1H3,(H,27,32). The van der Waals surface area contributed by atoms with Crippen molar-refractivity contribution in [3.63, 3.8) is 0 Å². The van der Waals surface area contributed by atoms with E-state index in [0.29, 0.717) is 26.1 Å². The second-order valence-electron chi connectivity index (χ2n) is 7.99. The van der Waals surface area contributed by atoms with Crippen LogP contribution in [-0.4, -0.2) is 46.5 Å². The van der Waals surface area contributed by atoms with E-state index in [2.05, 4.69) is 43.8 Å². The summed E-state index contributed by atoms with van der Waals surface area (Å²) in [5, 5.41) is 3.40. The second-order valence-corrected chi connectivity index (χ2v) is 8.72. The maximum atomic E-state index is 12.9. The summed E-state index contributed by atoms with van der Waals surface area (Å²) in [7, 11) is 0. The minimum atomic E-state index is -4.45. The zero-order chi connectivity index (χ0) is 23.4. The van der Waals surface area contributed by atoms with Crippen molar-refractivity contribution in [1.29, 1.82) is 0 Å². The van der Waals surface area contributed by atoms with Gasteiger partial charge in [0.1, 0.15) is 5.82 Å². The summed E-state index contributed by atoms with van der Waals surface area (Å²) in [4.78, 5) is 21.0. The fourth-order valence-corrected chi connectivity index (χ4v) is 4.36. The Morgan fingerprint density at radius 2 is 1.88 bits per heavy atom. The Kier molecular flexibility index (Phi) is 6.83. The van der Waals surface area contributed by atoms with E-state index in [0.717, 1.165) is 41.6 Å². The van der Waals surface area contributed by atoms with Crippen molar-refractivity contribution in [1.82, 2.24) is 14.3 Å². The van der Waals surface area contributed by atoms with E-state index in [1.165, 1.54) is 29.2 Å². The molecule has 174 valence electrons. The van der Waals surface area contributed by atoms with Crippen LogP contribution in [-0.2, 0) is 12.6 Å². The number of aryl methyl sites for hydroxylation is 1. The van der Waals surface area contributed by atoms with Gasteiger partial charge in [0, 0.05) is 49.8 Å². The molecule has 4 rings (SSSR count). The summed E-state index contributed by atoms with van der Waals surface area (Å²) in [6.07, 6.45) is -3.07. The monoisotopic (exact) mass is 475 g/mol. The third-order valence-electron chi connectivity index (χ3n) is 5.44. The smallest absolute Gasteiger partial charge is 0.345 e. The Morgan fingerprint density at radius 3 is 2.64 bits per heavy atom. The molecule has 3 aromatic rings. The Morgan fingerprint density at radius 1 is 1.09 bits per heavy atom. The van der Waals surface area contributed by atoms with Crippen LogP contribution in [0.5, 0.6) is 0 Å². The van der Waals surface area contributed by atoms with Gasteiger partial charge in [-0.25, -0.2) is 9.78 Å². The number of hydrogen-bond acceptors (Lipinski definition) is 5. The van der Waals surface area contributed by atoms with Crippen molar-refractivity contribution in [2.45, 2.75) is 25.9 Å². The number of anilines is 2. The molecule has 10 heteroatoms. The number of urea groups is 1. The van der Waals surface area contributed by atoms with Gasteiger partial charge in [-0.15, -0.1) is 0 Å². The predicted octanol–water partition coefficient (Wildman–Crippen LogP) is 5.20. The molecule has 2 amide bonds. The molecule has 1 fully saturated rings. The largest absolute Gasteiger partial charge is 0.416 e. The molecule has 1 aliphatic rings. The quantitative estimate of drug-likeness (QED) is 0.564. The first kappa shape index (κ1) is 23.0. The van der Waals surface area contributed by atoms with Gasteiger partial charge in [-0.1, -0.05) is 35.9 Å². The molecule has 2 heterocycles. The molecule has 1 aliphatic heterocycles. The Balaban J connectivity index is 1.34. The van der Waals surface area contributed by atoms with Crippen LogP contribution >= 0.6 is 11.5 Å². The molecule has 1 N–H and O–H groups in total. The highest BCUT2D eigenvalue weighted by atomic mass is 32.1. The van der Waals surface area contributed by atoms with E-state index in [-0.39, 0.29) is 5.69 Å². The van der Waals surface area contributed by atoms with Gasteiger partial charge in [0.25, 0.3) is 0 Å². The Labute approximate surface area is 194 Å². The highest BCUT2D eigenvalue weighted by molar-refractivity contribution is 7.09. The van der Waals surface area contributed by atoms with Gasteiger partial charge in [-0.2, -0.15) is 17.5 Å². The fraction of sp³-hybridized carbons (Fsp3) is 0.348. The summed E-state index contributed by atoms with van der Waals surface area (Å²) < 4.78 is 43.2. The van der Waals surface area contributed by atoms with Crippen LogP contribution in [0.25, 0.3) is 0 Å². The predicted molar refractivity (Wildman–Crippen MR) is 123 cm³/mol. The average Bonchev–Trinajstić information content (AvgIpc) is 3.09. The number of benzene rings is 2. The molecule has 0 bridgehead atoms. The van der Waals surface area contributed by atoms with Crippen molar-refractivity contribution in [2.75, 3.05) is 36.4 Å². The van der Waals surface area contributed by atoms with E-state index in [4.69, 9.17) is 0 Å². The van der Waals surface area contributed by atoms with Crippen LogP contribution in [0.3, 0.4) is 0 Å². The molecule has 6 nitrogen and oxygen atoms in total. The maximum Gasteiger partial charge on any atom is 0.416 e. The molecule has 0 unspecified atom stereocenters. The molecule has 2 aromatic carbocycles. The first-order chi connectivity index (χ1) is 15.8. The molecular formula is C23H24F3N5OS. The average molecular weight is 476 g/mol. The van der Waals surface area contributed by atoms with Crippen LogP contribution in [0.4, 0.5) is 28.8 Å². The SMILES string of the molecule is Cc1ccc(Cc2nsc(N3CCCN(C(=O)Nc4cccc(C(F)(F)F)c4)CC3)n2)cc1. The number of rotatable bonds is 4. The minimum Gasteiger partial charge on any atom is -0.345 e. The number of amides is 2. The van der Waals surface area contributed by atoms with E-state index >= 15 is 0 Å². The lowest BCUT2D eigenvalue weighted by Crippen LogP contribution is -2.38. The van der Waals surface area contributed by atoms with Gasteiger partial charge in [0.05, 0.1) is 5.56 Å². The number of carbonyl (C=O) groups excluding carboxylic acids is 1. The molecular weight excluding hydrogens is 451 g/mol. The molecule has 1 saturated heterocycles. The molecule has 0 atom stereocenters. The number of nitrogens with zero attached hydrogens (tertiary/aromatic N) is 4. The van der Waals surface area contributed by atoms with Gasteiger partial charge in [-0.3, -0.25) is 0 Å². The third-order valence-corrected chi connectivity index (χ3v) is 6.25. The van der Waals surface area contributed by atoms with Gasteiger partial charge < -0.3 is 15.1 Å². The van der Waals surface area contributed by atoms with Gasteiger partial charge in [0.2, 0.25) is 5.13 Å². The molecule has 33 heavy (non-hydrogen) atoms. The molecule has 0 aliphatic carbocycles. The lowest BCUT2D eigenvalue weighted by Gasteiger charge is -2.22. The minimum absolute atomic E-state index is 0.126. The lowest BCUT2D eigenvalue weighted by molar-refractivity contribution is -0.137. The van der Waals surface area contributed by atoms with E-state index in [1.807, 2.05) is 6.92 Å². The van der Waals surface area contributed by atoms with Crippen LogP contribution in [0.2, 0.25) is 0 Å². The molecule has 0 saturated carbocycles. The fourth-order valence-electron chi connectivity index (χ4n) is 3.62. The number of hydrogen-bond donors (Lipinski definition) is 1. The van der Waals surface area contributed by atoms with Crippen molar-refractivity contribution in [3.05, 3.63) is 71.0 Å². The van der Waals surface area contributed by atoms with Crippen molar-refractivity contribution < 1.29 is 18.0 Å². The Hall–Kier alpha value is -3.14. The molecule has 0 spiro atoms. The van der Waals surface area contributed by atoms with Crippen LogP contribution in [0, 0.1) is 6.92 Å². The number of nitrogens with one attached hydrogen (secondary N) is 1. The Bertz CT molecular complexity index is 1100.